The smallest absolute Gasteiger partial charge is 0.105 e. The van der Waals surface area contributed by atoms with Gasteiger partial charge >= 0.3 is 0 Å². The highest BCUT2D eigenvalue weighted by molar-refractivity contribution is 5.27. The Morgan fingerprint density at radius 1 is 0.857 bits per heavy atom. The number of rotatable bonds is 6. The molecule has 1 aliphatic carbocycles. The maximum atomic E-state index is 11.5. The minimum absolute atomic E-state index is 0.0694. The first-order chi connectivity index (χ1) is 10.1. The molecule has 0 saturated heterocycles. The highest BCUT2D eigenvalue weighted by atomic mass is 16.3. The lowest BCUT2D eigenvalue weighted by Crippen LogP contribution is -2.57. The van der Waals surface area contributed by atoms with Gasteiger partial charge in [-0.15, -0.1) is 0 Å². The molecule has 0 amide bonds. The number of benzene rings is 1. The largest absolute Gasteiger partial charge is 0.395 e. The fourth-order valence-electron chi connectivity index (χ4n) is 3.70. The van der Waals surface area contributed by atoms with Crippen molar-refractivity contribution in [2.24, 2.45) is 11.3 Å². The zero-order chi connectivity index (χ0) is 15.3. The van der Waals surface area contributed by atoms with Gasteiger partial charge in [-0.05, 0) is 24.3 Å². The Labute approximate surface area is 126 Å². The normalized spacial score (nSPS) is 20.2. The first kappa shape index (κ1) is 16.4. The number of hydrogen-bond acceptors (Lipinski definition) is 4. The van der Waals surface area contributed by atoms with Gasteiger partial charge in [0.25, 0.3) is 0 Å². The fraction of sp³-hybridized carbons (Fsp3) is 0.647. The van der Waals surface area contributed by atoms with Crippen LogP contribution < -0.4 is 0 Å². The van der Waals surface area contributed by atoms with Crippen LogP contribution in [-0.2, 0) is 5.60 Å². The molecular weight excluding hydrogens is 268 g/mol. The molecule has 4 N–H and O–H groups in total. The summed E-state index contributed by atoms with van der Waals surface area (Å²) in [5, 5.41) is 41.0. The van der Waals surface area contributed by atoms with Gasteiger partial charge in [0.15, 0.2) is 0 Å². The van der Waals surface area contributed by atoms with E-state index in [0.29, 0.717) is 5.56 Å². The van der Waals surface area contributed by atoms with Gasteiger partial charge in [0.1, 0.15) is 5.60 Å². The molecule has 4 heteroatoms. The summed E-state index contributed by atoms with van der Waals surface area (Å²) < 4.78 is 0. The monoisotopic (exact) mass is 294 g/mol. The number of aliphatic hydroxyl groups is 4. The van der Waals surface area contributed by atoms with Crippen molar-refractivity contribution in [3.05, 3.63) is 35.9 Å². The van der Waals surface area contributed by atoms with E-state index in [1.807, 2.05) is 30.3 Å². The predicted octanol–water partition coefficient (Wildman–Crippen LogP) is 1.42. The lowest BCUT2D eigenvalue weighted by molar-refractivity contribution is -0.194. The van der Waals surface area contributed by atoms with Crippen molar-refractivity contribution in [3.63, 3.8) is 0 Å². The zero-order valence-corrected chi connectivity index (χ0v) is 12.4. The van der Waals surface area contributed by atoms with E-state index in [1.165, 1.54) is 0 Å². The van der Waals surface area contributed by atoms with E-state index >= 15 is 0 Å². The molecular formula is C17H26O4. The van der Waals surface area contributed by atoms with Crippen molar-refractivity contribution in [1.82, 2.24) is 0 Å². The Morgan fingerprint density at radius 3 is 1.86 bits per heavy atom. The maximum absolute atomic E-state index is 11.5. The average molecular weight is 294 g/mol. The average Bonchev–Trinajstić information content (AvgIpc) is 2.58. The summed E-state index contributed by atoms with van der Waals surface area (Å²) in [6.07, 6.45) is 4.88. The van der Waals surface area contributed by atoms with Gasteiger partial charge in [-0.25, -0.2) is 0 Å². The Bertz CT molecular complexity index is 415. The van der Waals surface area contributed by atoms with Crippen LogP contribution in [0.4, 0.5) is 0 Å². The van der Waals surface area contributed by atoms with Crippen molar-refractivity contribution in [3.8, 4) is 0 Å². The van der Waals surface area contributed by atoms with Crippen LogP contribution in [0.5, 0.6) is 0 Å². The van der Waals surface area contributed by atoms with Crippen LogP contribution in [0.25, 0.3) is 0 Å². The van der Waals surface area contributed by atoms with Crippen LogP contribution in [0.1, 0.15) is 37.7 Å². The lowest BCUT2D eigenvalue weighted by atomic mass is 9.60. The summed E-state index contributed by atoms with van der Waals surface area (Å²) in [6, 6.07) is 9.15. The first-order valence-electron chi connectivity index (χ1n) is 7.75. The molecule has 1 fully saturated rings. The SMILES string of the molecule is OCC(CO)(CO)C(O)(c1ccccc1)C1CCCCC1. The van der Waals surface area contributed by atoms with Gasteiger partial charge in [0, 0.05) is 0 Å². The van der Waals surface area contributed by atoms with Crippen LogP contribution in [0.2, 0.25) is 0 Å². The third-order valence-corrected chi connectivity index (χ3v) is 5.13. The molecule has 1 unspecified atom stereocenters. The highest BCUT2D eigenvalue weighted by Crippen LogP contribution is 2.49. The molecule has 0 aliphatic heterocycles. The molecule has 21 heavy (non-hydrogen) atoms. The molecule has 4 nitrogen and oxygen atoms in total. The molecule has 1 atom stereocenters. The standard InChI is InChI=1S/C17H26O4/c18-11-16(12-19,13-20)17(21,14-7-3-1-4-8-14)15-9-5-2-6-10-15/h1,3-4,7-8,15,18-21H,2,5-6,9-13H2. The summed E-state index contributed by atoms with van der Waals surface area (Å²) in [4.78, 5) is 0. The Balaban J connectivity index is 2.52. The quantitative estimate of drug-likeness (QED) is 0.639. The minimum Gasteiger partial charge on any atom is -0.395 e. The molecule has 1 saturated carbocycles. The molecule has 0 spiro atoms. The predicted molar refractivity (Wildman–Crippen MR) is 80.6 cm³/mol. The summed E-state index contributed by atoms with van der Waals surface area (Å²) in [7, 11) is 0. The second kappa shape index (κ2) is 6.88. The number of hydrogen-bond donors (Lipinski definition) is 4. The molecule has 0 heterocycles. The van der Waals surface area contributed by atoms with Crippen molar-refractivity contribution < 1.29 is 20.4 Å². The van der Waals surface area contributed by atoms with Crippen LogP contribution in [-0.4, -0.2) is 40.2 Å². The van der Waals surface area contributed by atoms with Gasteiger partial charge < -0.3 is 20.4 Å². The minimum atomic E-state index is -1.42. The van der Waals surface area contributed by atoms with E-state index in [2.05, 4.69) is 0 Å². The topological polar surface area (TPSA) is 80.9 Å². The van der Waals surface area contributed by atoms with E-state index < -0.39 is 30.8 Å². The Morgan fingerprint density at radius 2 is 1.38 bits per heavy atom. The van der Waals surface area contributed by atoms with E-state index in [1.54, 1.807) is 0 Å². The van der Waals surface area contributed by atoms with Crippen LogP contribution in [0, 0.1) is 11.3 Å². The van der Waals surface area contributed by atoms with Gasteiger partial charge in [-0.2, -0.15) is 0 Å². The molecule has 118 valence electrons. The number of aliphatic hydroxyl groups excluding tert-OH is 3. The van der Waals surface area contributed by atoms with Crippen LogP contribution >= 0.6 is 0 Å². The molecule has 1 aromatic carbocycles. The molecule has 0 aromatic heterocycles. The third kappa shape index (κ3) is 2.73. The summed E-state index contributed by atoms with van der Waals surface area (Å²) >= 11 is 0. The van der Waals surface area contributed by atoms with Crippen molar-refractivity contribution in [2.45, 2.75) is 37.7 Å². The van der Waals surface area contributed by atoms with Crippen LogP contribution in [0.3, 0.4) is 0 Å². The van der Waals surface area contributed by atoms with Crippen molar-refractivity contribution >= 4 is 0 Å². The van der Waals surface area contributed by atoms with Crippen molar-refractivity contribution in [1.29, 1.82) is 0 Å². The second-order valence-corrected chi connectivity index (χ2v) is 6.22. The molecule has 1 aromatic rings. The summed E-state index contributed by atoms with van der Waals surface area (Å²) in [5.41, 5.74) is -2.10. The lowest BCUT2D eigenvalue weighted by Gasteiger charge is -2.50. The van der Waals surface area contributed by atoms with Gasteiger partial charge in [0.05, 0.1) is 25.2 Å². The molecule has 1 aliphatic rings. The van der Waals surface area contributed by atoms with E-state index in [0.717, 1.165) is 32.1 Å². The third-order valence-electron chi connectivity index (χ3n) is 5.13. The van der Waals surface area contributed by atoms with Gasteiger partial charge in [-0.1, -0.05) is 49.6 Å². The first-order valence-corrected chi connectivity index (χ1v) is 7.75. The van der Waals surface area contributed by atoms with Gasteiger partial charge in [-0.3, -0.25) is 0 Å². The maximum Gasteiger partial charge on any atom is 0.105 e. The summed E-state index contributed by atoms with van der Waals surface area (Å²) in [6.45, 7) is -1.37. The summed E-state index contributed by atoms with van der Waals surface area (Å²) in [5.74, 6) is -0.0694. The highest BCUT2D eigenvalue weighted by Gasteiger charge is 2.55. The van der Waals surface area contributed by atoms with Crippen molar-refractivity contribution in [2.75, 3.05) is 19.8 Å². The molecule has 0 radical (unpaired) electrons. The Hall–Kier alpha value is -0.940. The molecule has 2 rings (SSSR count). The zero-order valence-electron chi connectivity index (χ0n) is 12.4. The van der Waals surface area contributed by atoms with E-state index in [9.17, 15) is 20.4 Å². The fourth-order valence-corrected chi connectivity index (χ4v) is 3.70. The van der Waals surface area contributed by atoms with E-state index in [4.69, 9.17) is 0 Å². The van der Waals surface area contributed by atoms with Gasteiger partial charge in [0.2, 0.25) is 0 Å². The molecule has 0 bridgehead atoms. The Kier molecular flexibility index (Phi) is 5.38. The van der Waals surface area contributed by atoms with Crippen LogP contribution in [0.15, 0.2) is 30.3 Å². The van der Waals surface area contributed by atoms with E-state index in [-0.39, 0.29) is 5.92 Å². The second-order valence-electron chi connectivity index (χ2n) is 6.22.